The van der Waals surface area contributed by atoms with E-state index in [9.17, 15) is 0 Å². The molecule has 100 valence electrons. The molecule has 2 N–H and O–H groups in total. The maximum absolute atomic E-state index is 5.91. The van der Waals surface area contributed by atoms with Gasteiger partial charge in [0.25, 0.3) is 0 Å². The molecule has 0 aliphatic carbocycles. The number of aromatic nitrogens is 3. The van der Waals surface area contributed by atoms with Gasteiger partial charge in [0.05, 0.1) is 0 Å². The number of rotatable bonds is 2. The molecule has 1 fully saturated rings. The lowest BCUT2D eigenvalue weighted by atomic mass is 9.96. The van der Waals surface area contributed by atoms with Gasteiger partial charge in [0.1, 0.15) is 11.3 Å². The second-order valence-electron chi connectivity index (χ2n) is 5.15. The van der Waals surface area contributed by atoms with E-state index in [1.807, 2.05) is 12.1 Å². The predicted octanol–water partition coefficient (Wildman–Crippen LogP) is 1.73. The Morgan fingerprint density at radius 2 is 2.11 bits per heavy atom. The molecule has 0 spiro atoms. The summed E-state index contributed by atoms with van der Waals surface area (Å²) in [7, 11) is 0. The number of hydrogen-bond donors (Lipinski definition) is 1. The van der Waals surface area contributed by atoms with Crippen LogP contribution in [0.3, 0.4) is 0 Å². The van der Waals surface area contributed by atoms with Crippen LogP contribution in [0.5, 0.6) is 0 Å². The third kappa shape index (κ3) is 2.26. The Morgan fingerprint density at radius 3 is 2.95 bits per heavy atom. The third-order valence-corrected chi connectivity index (χ3v) is 3.88. The minimum Gasteiger partial charge on any atom is -0.350 e. The number of anilines is 1. The molecule has 0 aromatic carbocycles. The van der Waals surface area contributed by atoms with Gasteiger partial charge in [0.15, 0.2) is 5.65 Å². The van der Waals surface area contributed by atoms with Gasteiger partial charge in [-0.25, -0.2) is 9.97 Å². The van der Waals surface area contributed by atoms with Crippen LogP contribution in [0.15, 0.2) is 24.5 Å². The SMILES string of the molecule is CC1CCCC(CN)N1c1ccc2nccnc2n1. The molecular weight excluding hydrogens is 238 g/mol. The number of fused-ring (bicyclic) bond motifs is 1. The van der Waals surface area contributed by atoms with Crippen molar-refractivity contribution in [2.75, 3.05) is 11.4 Å². The molecule has 1 aliphatic heterocycles. The van der Waals surface area contributed by atoms with Crippen molar-refractivity contribution in [3.05, 3.63) is 24.5 Å². The fourth-order valence-electron chi connectivity index (χ4n) is 2.92. The largest absolute Gasteiger partial charge is 0.350 e. The number of nitrogens with two attached hydrogens (primary N) is 1. The molecule has 0 saturated carbocycles. The highest BCUT2D eigenvalue weighted by atomic mass is 15.3. The van der Waals surface area contributed by atoms with Crippen molar-refractivity contribution >= 4 is 17.0 Å². The molecule has 0 radical (unpaired) electrons. The highest BCUT2D eigenvalue weighted by Gasteiger charge is 2.28. The van der Waals surface area contributed by atoms with E-state index in [1.54, 1.807) is 12.4 Å². The minimum absolute atomic E-state index is 0.380. The van der Waals surface area contributed by atoms with Gasteiger partial charge in [-0.15, -0.1) is 0 Å². The molecule has 19 heavy (non-hydrogen) atoms. The van der Waals surface area contributed by atoms with Crippen LogP contribution >= 0.6 is 0 Å². The summed E-state index contributed by atoms with van der Waals surface area (Å²) in [6.45, 7) is 2.91. The van der Waals surface area contributed by atoms with E-state index in [0.717, 1.165) is 17.8 Å². The standard InChI is InChI=1S/C14H19N5/c1-10-3-2-4-11(9-15)19(10)13-6-5-12-14(18-13)17-8-7-16-12/h5-8,10-11H,2-4,9,15H2,1H3. The van der Waals surface area contributed by atoms with Crippen molar-refractivity contribution < 1.29 is 0 Å². The lowest BCUT2D eigenvalue weighted by Crippen LogP contribution is -2.49. The summed E-state index contributed by atoms with van der Waals surface area (Å²) in [4.78, 5) is 15.5. The van der Waals surface area contributed by atoms with Gasteiger partial charge in [-0.1, -0.05) is 0 Å². The van der Waals surface area contributed by atoms with Gasteiger partial charge >= 0.3 is 0 Å². The Morgan fingerprint density at radius 1 is 1.26 bits per heavy atom. The molecular formula is C14H19N5. The van der Waals surface area contributed by atoms with Crippen LogP contribution in [0, 0.1) is 0 Å². The summed E-state index contributed by atoms with van der Waals surface area (Å²) in [6, 6.07) is 4.87. The molecule has 2 aromatic heterocycles. The highest BCUT2D eigenvalue weighted by molar-refractivity contribution is 5.71. The first-order valence-electron chi connectivity index (χ1n) is 6.86. The van der Waals surface area contributed by atoms with Crippen molar-refractivity contribution in [1.82, 2.24) is 15.0 Å². The first kappa shape index (κ1) is 12.3. The molecule has 5 heteroatoms. The summed E-state index contributed by atoms with van der Waals surface area (Å²) >= 11 is 0. The van der Waals surface area contributed by atoms with E-state index < -0.39 is 0 Å². The zero-order valence-electron chi connectivity index (χ0n) is 11.2. The van der Waals surface area contributed by atoms with Crippen molar-refractivity contribution in [2.24, 2.45) is 5.73 Å². The maximum atomic E-state index is 5.91. The fourth-order valence-corrected chi connectivity index (χ4v) is 2.92. The Bertz CT molecular complexity index is 571. The molecule has 2 aromatic rings. The second kappa shape index (κ2) is 5.09. The Balaban J connectivity index is 2.01. The topological polar surface area (TPSA) is 67.9 Å². The molecule has 2 atom stereocenters. The van der Waals surface area contributed by atoms with Crippen molar-refractivity contribution in [1.29, 1.82) is 0 Å². The normalized spacial score (nSPS) is 23.8. The number of piperidine rings is 1. The zero-order chi connectivity index (χ0) is 13.2. The summed E-state index contributed by atoms with van der Waals surface area (Å²) in [5.74, 6) is 0.968. The summed E-state index contributed by atoms with van der Waals surface area (Å²) in [5, 5.41) is 0. The van der Waals surface area contributed by atoms with Crippen LogP contribution in [0.2, 0.25) is 0 Å². The van der Waals surface area contributed by atoms with E-state index in [2.05, 4.69) is 26.8 Å². The van der Waals surface area contributed by atoms with Crippen molar-refractivity contribution in [3.63, 3.8) is 0 Å². The first-order valence-corrected chi connectivity index (χ1v) is 6.86. The second-order valence-corrected chi connectivity index (χ2v) is 5.15. The molecule has 2 unspecified atom stereocenters. The van der Waals surface area contributed by atoms with Gasteiger partial charge in [0, 0.05) is 31.0 Å². The summed E-state index contributed by atoms with van der Waals surface area (Å²) < 4.78 is 0. The smallest absolute Gasteiger partial charge is 0.180 e. The van der Waals surface area contributed by atoms with Crippen LogP contribution in [-0.4, -0.2) is 33.6 Å². The van der Waals surface area contributed by atoms with Crippen molar-refractivity contribution in [2.45, 2.75) is 38.3 Å². The molecule has 3 rings (SSSR count). The highest BCUT2D eigenvalue weighted by Crippen LogP contribution is 2.28. The monoisotopic (exact) mass is 257 g/mol. The number of hydrogen-bond acceptors (Lipinski definition) is 5. The Hall–Kier alpha value is -1.75. The van der Waals surface area contributed by atoms with Crippen LogP contribution in [-0.2, 0) is 0 Å². The van der Waals surface area contributed by atoms with Gasteiger partial charge in [-0.2, -0.15) is 0 Å². The molecule has 1 aliphatic rings. The molecule has 0 bridgehead atoms. The Kier molecular flexibility index (Phi) is 3.29. The van der Waals surface area contributed by atoms with Crippen molar-refractivity contribution in [3.8, 4) is 0 Å². The fraction of sp³-hybridized carbons (Fsp3) is 0.500. The van der Waals surface area contributed by atoms with E-state index >= 15 is 0 Å². The minimum atomic E-state index is 0.380. The van der Waals surface area contributed by atoms with E-state index in [4.69, 9.17) is 5.73 Å². The van der Waals surface area contributed by atoms with E-state index in [0.29, 0.717) is 24.3 Å². The maximum Gasteiger partial charge on any atom is 0.180 e. The lowest BCUT2D eigenvalue weighted by molar-refractivity contribution is 0.398. The average Bonchev–Trinajstić information content (AvgIpc) is 2.46. The molecule has 1 saturated heterocycles. The zero-order valence-corrected chi connectivity index (χ0v) is 11.2. The van der Waals surface area contributed by atoms with E-state index in [1.165, 1.54) is 12.8 Å². The van der Waals surface area contributed by atoms with Crippen LogP contribution in [0.1, 0.15) is 26.2 Å². The third-order valence-electron chi connectivity index (χ3n) is 3.88. The first-order chi connectivity index (χ1) is 9.29. The lowest BCUT2D eigenvalue weighted by Gasteiger charge is -2.41. The predicted molar refractivity (Wildman–Crippen MR) is 76.0 cm³/mol. The van der Waals surface area contributed by atoms with Crippen LogP contribution in [0.25, 0.3) is 11.2 Å². The Labute approximate surface area is 112 Å². The van der Waals surface area contributed by atoms with Gasteiger partial charge in [0.2, 0.25) is 0 Å². The number of pyridine rings is 1. The quantitative estimate of drug-likeness (QED) is 0.887. The molecule has 0 amide bonds. The summed E-state index contributed by atoms with van der Waals surface area (Å²) in [5.41, 5.74) is 7.44. The summed E-state index contributed by atoms with van der Waals surface area (Å²) in [6.07, 6.45) is 6.94. The van der Waals surface area contributed by atoms with Crippen LogP contribution in [0.4, 0.5) is 5.82 Å². The average molecular weight is 257 g/mol. The van der Waals surface area contributed by atoms with Gasteiger partial charge < -0.3 is 10.6 Å². The van der Waals surface area contributed by atoms with Crippen LogP contribution < -0.4 is 10.6 Å². The van der Waals surface area contributed by atoms with Gasteiger partial charge in [-0.05, 0) is 38.3 Å². The number of nitrogens with zero attached hydrogens (tertiary/aromatic N) is 4. The van der Waals surface area contributed by atoms with Gasteiger partial charge in [-0.3, -0.25) is 4.98 Å². The molecule has 3 heterocycles. The molecule has 5 nitrogen and oxygen atoms in total. The van der Waals surface area contributed by atoms with E-state index in [-0.39, 0.29) is 0 Å².